The first kappa shape index (κ1) is 16.6. The summed E-state index contributed by atoms with van der Waals surface area (Å²) in [6.45, 7) is 0. The number of hydrogen-bond acceptors (Lipinski definition) is 6. The van der Waals surface area contributed by atoms with E-state index >= 15 is 0 Å². The largest absolute Gasteiger partial charge is 0.497 e. The fourth-order valence-electron chi connectivity index (χ4n) is 2.52. The van der Waals surface area contributed by atoms with Gasteiger partial charge in [0.2, 0.25) is 5.91 Å². The van der Waals surface area contributed by atoms with Crippen molar-refractivity contribution in [3.63, 3.8) is 0 Å². The van der Waals surface area contributed by atoms with Crippen LogP contribution in [0.15, 0.2) is 42.5 Å². The fourth-order valence-corrected chi connectivity index (χ4v) is 2.52. The molecule has 1 aliphatic rings. The summed E-state index contributed by atoms with van der Waals surface area (Å²) in [6, 6.07) is 11.4. The number of carbonyl (C=O) groups is 2. The fraction of sp³-hybridized carbons (Fsp3) is 0.222. The number of fused-ring (bicyclic) bond motifs is 1. The molecule has 2 aromatic rings. The number of esters is 1. The maximum absolute atomic E-state index is 12.3. The Morgan fingerprint density at radius 2 is 2.00 bits per heavy atom. The van der Waals surface area contributed by atoms with Gasteiger partial charge < -0.3 is 24.8 Å². The lowest BCUT2D eigenvalue weighted by atomic mass is 10.1. The molecule has 130 valence electrons. The Bertz CT molecular complexity index is 806. The molecule has 1 aliphatic heterocycles. The maximum Gasteiger partial charge on any atom is 0.334 e. The van der Waals surface area contributed by atoms with Gasteiger partial charge in [-0.1, -0.05) is 12.1 Å². The molecule has 0 bridgehead atoms. The number of para-hydroxylation sites is 2. The second-order valence-electron chi connectivity index (χ2n) is 5.43. The van der Waals surface area contributed by atoms with Gasteiger partial charge >= 0.3 is 5.97 Å². The smallest absolute Gasteiger partial charge is 0.334 e. The molecular weight excluding hydrogens is 324 g/mol. The topological polar surface area (TPSA) is 85.9 Å². The van der Waals surface area contributed by atoms with Crippen LogP contribution in [0.5, 0.6) is 17.2 Å². The molecule has 0 unspecified atom stereocenters. The molecule has 0 saturated heterocycles. The zero-order valence-electron chi connectivity index (χ0n) is 13.9. The van der Waals surface area contributed by atoms with Gasteiger partial charge in [0.1, 0.15) is 17.5 Å². The van der Waals surface area contributed by atoms with Gasteiger partial charge in [0.15, 0.2) is 5.75 Å². The lowest BCUT2D eigenvalue weighted by Gasteiger charge is -2.25. The van der Waals surface area contributed by atoms with Crippen molar-refractivity contribution >= 4 is 23.3 Å². The molecule has 0 fully saturated rings. The van der Waals surface area contributed by atoms with Crippen molar-refractivity contribution in [1.82, 2.24) is 0 Å². The number of rotatable bonds is 5. The highest BCUT2D eigenvalue weighted by Gasteiger charge is 2.29. The molecule has 1 atom stereocenters. The molecule has 0 spiro atoms. The van der Waals surface area contributed by atoms with E-state index in [9.17, 15) is 9.59 Å². The monoisotopic (exact) mass is 342 g/mol. The number of amides is 1. The van der Waals surface area contributed by atoms with Crippen molar-refractivity contribution in [2.24, 2.45) is 0 Å². The summed E-state index contributed by atoms with van der Waals surface area (Å²) in [5.74, 6) is 0.718. The van der Waals surface area contributed by atoms with E-state index < -0.39 is 12.0 Å². The molecule has 2 aromatic carbocycles. The maximum atomic E-state index is 12.3. The summed E-state index contributed by atoms with van der Waals surface area (Å²) in [5, 5.41) is 5.76. The van der Waals surface area contributed by atoms with Gasteiger partial charge in [0.25, 0.3) is 0 Å². The van der Waals surface area contributed by atoms with Crippen molar-refractivity contribution in [3.05, 3.63) is 42.5 Å². The molecule has 1 heterocycles. The van der Waals surface area contributed by atoms with Gasteiger partial charge in [0.05, 0.1) is 32.0 Å². The van der Waals surface area contributed by atoms with Crippen molar-refractivity contribution in [2.75, 3.05) is 24.9 Å². The van der Waals surface area contributed by atoms with Crippen LogP contribution in [-0.4, -0.2) is 32.1 Å². The van der Waals surface area contributed by atoms with E-state index in [1.165, 1.54) is 7.11 Å². The molecule has 25 heavy (non-hydrogen) atoms. The summed E-state index contributed by atoms with van der Waals surface area (Å²) in [6.07, 6.45) is -0.0671. The van der Waals surface area contributed by atoms with E-state index in [0.717, 1.165) is 0 Å². The molecule has 7 heteroatoms. The highest BCUT2D eigenvalue weighted by Crippen LogP contribution is 2.31. The second kappa shape index (κ2) is 7.12. The minimum atomic E-state index is -0.751. The quantitative estimate of drug-likeness (QED) is 0.641. The van der Waals surface area contributed by atoms with Crippen molar-refractivity contribution in [2.45, 2.75) is 12.5 Å². The summed E-state index contributed by atoms with van der Waals surface area (Å²) in [7, 11) is 3.05. The summed E-state index contributed by atoms with van der Waals surface area (Å²) < 4.78 is 15.6. The molecule has 0 radical (unpaired) electrons. The SMILES string of the molecule is COc1ccc(NC(=O)C[C@@H]2Nc3ccccc3OC2=O)c(OC)c1. The molecule has 7 nitrogen and oxygen atoms in total. The third kappa shape index (κ3) is 3.65. The van der Waals surface area contributed by atoms with Crippen LogP contribution in [0.25, 0.3) is 0 Å². The van der Waals surface area contributed by atoms with Crippen LogP contribution in [0.4, 0.5) is 11.4 Å². The number of nitrogens with one attached hydrogen (secondary N) is 2. The zero-order valence-corrected chi connectivity index (χ0v) is 13.9. The van der Waals surface area contributed by atoms with E-state index in [-0.39, 0.29) is 12.3 Å². The van der Waals surface area contributed by atoms with Gasteiger partial charge in [-0.25, -0.2) is 4.79 Å². The Balaban J connectivity index is 1.68. The number of hydrogen-bond donors (Lipinski definition) is 2. The highest BCUT2D eigenvalue weighted by molar-refractivity contribution is 5.97. The number of ether oxygens (including phenoxy) is 3. The average molecular weight is 342 g/mol. The Labute approximate surface area is 144 Å². The van der Waals surface area contributed by atoms with Crippen LogP contribution in [-0.2, 0) is 9.59 Å². The van der Waals surface area contributed by atoms with Crippen LogP contribution >= 0.6 is 0 Å². The first-order chi connectivity index (χ1) is 12.1. The molecule has 3 rings (SSSR count). The lowest BCUT2D eigenvalue weighted by Crippen LogP contribution is -2.39. The third-order valence-electron chi connectivity index (χ3n) is 3.78. The van der Waals surface area contributed by atoms with Gasteiger partial charge in [-0.2, -0.15) is 0 Å². The molecule has 0 saturated carbocycles. The number of carbonyl (C=O) groups excluding carboxylic acids is 2. The summed E-state index contributed by atoms with van der Waals surface area (Å²) in [5.41, 5.74) is 1.18. The third-order valence-corrected chi connectivity index (χ3v) is 3.78. The van der Waals surface area contributed by atoms with E-state index in [4.69, 9.17) is 14.2 Å². The summed E-state index contributed by atoms with van der Waals surface area (Å²) >= 11 is 0. The first-order valence-electron chi connectivity index (χ1n) is 7.70. The number of benzene rings is 2. The zero-order chi connectivity index (χ0) is 17.8. The van der Waals surface area contributed by atoms with Crippen molar-refractivity contribution in [3.8, 4) is 17.2 Å². The van der Waals surface area contributed by atoms with Crippen LogP contribution in [0.1, 0.15) is 6.42 Å². The standard InChI is InChI=1S/C18H18N2O5/c1-23-11-7-8-13(16(9-11)24-2)20-17(21)10-14-18(22)25-15-6-4-3-5-12(15)19-14/h3-9,14,19H,10H2,1-2H3,(H,20,21)/t14-/m0/s1. The van der Waals surface area contributed by atoms with Crippen LogP contribution < -0.4 is 24.8 Å². The minimum Gasteiger partial charge on any atom is -0.497 e. The highest BCUT2D eigenvalue weighted by atomic mass is 16.5. The average Bonchev–Trinajstić information content (AvgIpc) is 2.62. The van der Waals surface area contributed by atoms with E-state index in [1.54, 1.807) is 43.5 Å². The summed E-state index contributed by atoms with van der Waals surface area (Å²) in [4.78, 5) is 24.4. The number of anilines is 2. The first-order valence-corrected chi connectivity index (χ1v) is 7.70. The predicted molar refractivity (Wildman–Crippen MR) is 92.3 cm³/mol. The van der Waals surface area contributed by atoms with Gasteiger partial charge in [0, 0.05) is 6.07 Å². The second-order valence-corrected chi connectivity index (χ2v) is 5.43. The van der Waals surface area contributed by atoms with Gasteiger partial charge in [-0.3, -0.25) is 4.79 Å². The Kier molecular flexibility index (Phi) is 4.74. The van der Waals surface area contributed by atoms with E-state index in [0.29, 0.717) is 28.6 Å². The van der Waals surface area contributed by atoms with Gasteiger partial charge in [-0.15, -0.1) is 0 Å². The number of methoxy groups -OCH3 is 2. The minimum absolute atomic E-state index is 0.0671. The van der Waals surface area contributed by atoms with Crippen LogP contribution in [0, 0.1) is 0 Å². The Morgan fingerprint density at radius 1 is 1.20 bits per heavy atom. The molecule has 2 N–H and O–H groups in total. The molecule has 0 aromatic heterocycles. The predicted octanol–water partition coefficient (Wildman–Crippen LogP) is 2.43. The lowest BCUT2D eigenvalue weighted by molar-refractivity contribution is -0.137. The van der Waals surface area contributed by atoms with Crippen molar-refractivity contribution in [1.29, 1.82) is 0 Å². The Morgan fingerprint density at radius 3 is 2.76 bits per heavy atom. The normalized spacial score (nSPS) is 15.4. The molecule has 1 amide bonds. The van der Waals surface area contributed by atoms with Gasteiger partial charge in [-0.05, 0) is 24.3 Å². The van der Waals surface area contributed by atoms with Crippen LogP contribution in [0.2, 0.25) is 0 Å². The molecular formula is C18H18N2O5. The van der Waals surface area contributed by atoms with E-state index in [1.807, 2.05) is 6.07 Å². The molecule has 0 aliphatic carbocycles. The Hall–Kier alpha value is -3.22. The van der Waals surface area contributed by atoms with Crippen LogP contribution in [0.3, 0.4) is 0 Å². The van der Waals surface area contributed by atoms with E-state index in [2.05, 4.69) is 10.6 Å². The van der Waals surface area contributed by atoms with Crippen molar-refractivity contribution < 1.29 is 23.8 Å².